The van der Waals surface area contributed by atoms with Crippen LogP contribution < -0.4 is 4.74 Å². The summed E-state index contributed by atoms with van der Waals surface area (Å²) in [5.41, 5.74) is 5.23. The van der Waals surface area contributed by atoms with E-state index in [2.05, 4.69) is 62.7 Å². The molecule has 1 aliphatic heterocycles. The number of aromatic amines is 1. The Morgan fingerprint density at radius 1 is 1.10 bits per heavy atom. The number of aryl methyl sites for hydroxylation is 1. The molecule has 0 unspecified atom stereocenters. The normalized spacial score (nSPS) is 15.7. The fourth-order valence-electron chi connectivity index (χ4n) is 5.71. The van der Waals surface area contributed by atoms with Crippen LogP contribution in [0.4, 0.5) is 0 Å². The van der Waals surface area contributed by atoms with Crippen LogP contribution in [0.5, 0.6) is 5.75 Å². The van der Waals surface area contributed by atoms with Gasteiger partial charge >= 0.3 is 0 Å². The number of amides is 1. The number of aromatic nitrogens is 1. The molecule has 0 spiro atoms. The van der Waals surface area contributed by atoms with Gasteiger partial charge in [0.05, 0.1) is 12.6 Å². The van der Waals surface area contributed by atoms with Crippen LogP contribution in [0.15, 0.2) is 42.5 Å². The van der Waals surface area contributed by atoms with Crippen LogP contribution in [0.25, 0.3) is 10.9 Å². The molecule has 0 saturated carbocycles. The van der Waals surface area contributed by atoms with Gasteiger partial charge in [0.15, 0.2) is 0 Å². The number of ether oxygens (including phenoxy) is 1. The molecular formula is C26H32N2O2. The Bertz CT molecular complexity index is 1090. The highest BCUT2D eigenvalue weighted by Gasteiger charge is 2.50. The summed E-state index contributed by atoms with van der Waals surface area (Å²) in [6, 6.07) is 14.3. The van der Waals surface area contributed by atoms with Crippen LogP contribution in [0.1, 0.15) is 54.9 Å². The minimum atomic E-state index is -0.349. The molecule has 0 radical (unpaired) electrons. The molecule has 0 fully saturated rings. The Hall–Kier alpha value is -2.75. The number of fused-ring (bicyclic) bond motifs is 2. The second-order valence-electron chi connectivity index (χ2n) is 9.05. The van der Waals surface area contributed by atoms with Gasteiger partial charge in [0, 0.05) is 17.4 Å². The number of carbonyl (C=O) groups is 1. The summed E-state index contributed by atoms with van der Waals surface area (Å²) in [6.45, 7) is 11.9. The van der Waals surface area contributed by atoms with Crippen molar-refractivity contribution in [2.75, 3.05) is 13.7 Å². The fraction of sp³-hybridized carbons (Fsp3) is 0.423. The summed E-state index contributed by atoms with van der Waals surface area (Å²) in [4.78, 5) is 19.4. The molecule has 1 aromatic heterocycles. The average Bonchev–Trinajstić information content (AvgIpc) is 3.16. The molecule has 158 valence electrons. The van der Waals surface area contributed by atoms with Gasteiger partial charge in [-0.2, -0.15) is 0 Å². The molecule has 4 nitrogen and oxygen atoms in total. The third-order valence-electron chi connectivity index (χ3n) is 6.95. The minimum Gasteiger partial charge on any atom is -0.496 e. The van der Waals surface area contributed by atoms with E-state index in [0.29, 0.717) is 5.69 Å². The van der Waals surface area contributed by atoms with Crippen molar-refractivity contribution in [2.45, 2.75) is 46.6 Å². The molecule has 2 aromatic carbocycles. The lowest BCUT2D eigenvalue weighted by atomic mass is 9.66. The Labute approximate surface area is 179 Å². The van der Waals surface area contributed by atoms with E-state index in [-0.39, 0.29) is 23.3 Å². The molecule has 0 saturated heterocycles. The van der Waals surface area contributed by atoms with Crippen molar-refractivity contribution in [3.8, 4) is 5.75 Å². The Morgan fingerprint density at radius 2 is 1.80 bits per heavy atom. The third kappa shape index (κ3) is 2.84. The van der Waals surface area contributed by atoms with E-state index < -0.39 is 0 Å². The monoisotopic (exact) mass is 404 g/mol. The van der Waals surface area contributed by atoms with Crippen molar-refractivity contribution in [3.63, 3.8) is 0 Å². The summed E-state index contributed by atoms with van der Waals surface area (Å²) in [5.74, 6) is 1.40. The SMILES string of the molecule is COc1cccc2[nH]c(C(=O)N3CCc4c(C)cccc4C3(C(C)C)C(C)C)cc12. The number of benzene rings is 2. The number of nitrogens with one attached hydrogen (secondary N) is 1. The molecule has 1 N–H and O–H groups in total. The van der Waals surface area contributed by atoms with Gasteiger partial charge in [0.2, 0.25) is 0 Å². The van der Waals surface area contributed by atoms with Gasteiger partial charge in [-0.05, 0) is 60.1 Å². The van der Waals surface area contributed by atoms with Crippen LogP contribution in [-0.2, 0) is 12.0 Å². The van der Waals surface area contributed by atoms with Crippen molar-refractivity contribution in [1.29, 1.82) is 0 Å². The number of hydrogen-bond donors (Lipinski definition) is 1. The van der Waals surface area contributed by atoms with Crippen LogP contribution in [0.2, 0.25) is 0 Å². The largest absolute Gasteiger partial charge is 0.496 e. The van der Waals surface area contributed by atoms with E-state index >= 15 is 0 Å². The van der Waals surface area contributed by atoms with E-state index in [0.717, 1.165) is 29.6 Å². The fourth-order valence-corrected chi connectivity index (χ4v) is 5.71. The van der Waals surface area contributed by atoms with E-state index in [4.69, 9.17) is 4.74 Å². The van der Waals surface area contributed by atoms with E-state index in [9.17, 15) is 4.79 Å². The smallest absolute Gasteiger partial charge is 0.271 e. The number of hydrogen-bond acceptors (Lipinski definition) is 2. The topological polar surface area (TPSA) is 45.3 Å². The molecule has 30 heavy (non-hydrogen) atoms. The zero-order valence-electron chi connectivity index (χ0n) is 18.9. The van der Waals surface area contributed by atoms with Crippen molar-refractivity contribution in [2.24, 2.45) is 11.8 Å². The molecule has 4 heteroatoms. The maximum Gasteiger partial charge on any atom is 0.271 e. The van der Waals surface area contributed by atoms with Crippen molar-refractivity contribution in [1.82, 2.24) is 9.88 Å². The molecule has 2 heterocycles. The number of carbonyl (C=O) groups excluding carboxylic acids is 1. The van der Waals surface area contributed by atoms with Gasteiger partial charge in [-0.25, -0.2) is 0 Å². The molecule has 0 bridgehead atoms. The van der Waals surface area contributed by atoms with E-state index in [1.54, 1.807) is 7.11 Å². The van der Waals surface area contributed by atoms with Gasteiger partial charge in [-0.3, -0.25) is 4.79 Å². The Morgan fingerprint density at radius 3 is 2.47 bits per heavy atom. The Kier molecular flexibility index (Phi) is 5.13. The number of nitrogens with zero attached hydrogens (tertiary/aromatic N) is 1. The van der Waals surface area contributed by atoms with Gasteiger partial charge < -0.3 is 14.6 Å². The molecular weight excluding hydrogens is 372 g/mol. The molecule has 1 amide bonds. The quantitative estimate of drug-likeness (QED) is 0.607. The van der Waals surface area contributed by atoms with E-state index in [1.165, 1.54) is 16.7 Å². The lowest BCUT2D eigenvalue weighted by molar-refractivity contribution is -0.00268. The first kappa shape index (κ1) is 20.5. The highest BCUT2D eigenvalue weighted by Crippen LogP contribution is 2.48. The van der Waals surface area contributed by atoms with Crippen molar-refractivity contribution in [3.05, 3.63) is 64.8 Å². The van der Waals surface area contributed by atoms with Gasteiger partial charge in [0.25, 0.3) is 5.91 Å². The first-order valence-corrected chi connectivity index (χ1v) is 10.9. The maximum absolute atomic E-state index is 13.9. The summed E-state index contributed by atoms with van der Waals surface area (Å²) < 4.78 is 5.50. The molecule has 0 atom stereocenters. The van der Waals surface area contributed by atoms with Crippen LogP contribution in [0.3, 0.4) is 0 Å². The summed E-state index contributed by atoms with van der Waals surface area (Å²) >= 11 is 0. The van der Waals surface area contributed by atoms with Gasteiger partial charge in [-0.15, -0.1) is 0 Å². The first-order valence-electron chi connectivity index (χ1n) is 10.9. The molecule has 4 rings (SSSR count). The summed E-state index contributed by atoms with van der Waals surface area (Å²) in [5, 5.41) is 0.941. The van der Waals surface area contributed by atoms with Crippen molar-refractivity contribution < 1.29 is 9.53 Å². The lowest BCUT2D eigenvalue weighted by Crippen LogP contribution is -2.59. The number of methoxy groups -OCH3 is 1. The second-order valence-corrected chi connectivity index (χ2v) is 9.05. The second kappa shape index (κ2) is 7.50. The van der Waals surface area contributed by atoms with Crippen molar-refractivity contribution >= 4 is 16.8 Å². The summed E-state index contributed by atoms with van der Waals surface area (Å²) in [6.07, 6.45) is 0.887. The zero-order valence-corrected chi connectivity index (χ0v) is 18.9. The predicted molar refractivity (Wildman–Crippen MR) is 122 cm³/mol. The van der Waals surface area contributed by atoms with Gasteiger partial charge in [-0.1, -0.05) is 52.0 Å². The predicted octanol–water partition coefficient (Wildman–Crippen LogP) is 5.69. The van der Waals surface area contributed by atoms with Crippen LogP contribution in [0, 0.1) is 18.8 Å². The van der Waals surface area contributed by atoms with Gasteiger partial charge in [0.1, 0.15) is 11.4 Å². The standard InChI is InChI=1S/C26H32N2O2/c1-16(2)26(17(3)4)21-10-7-9-18(5)19(21)13-14-28(26)25(29)23-15-20-22(27-23)11-8-12-24(20)30-6/h7-12,15-17,27H,13-14H2,1-6H3. The van der Waals surface area contributed by atoms with Crippen LogP contribution in [-0.4, -0.2) is 29.4 Å². The number of H-pyrrole nitrogens is 1. The first-order chi connectivity index (χ1) is 14.3. The highest BCUT2D eigenvalue weighted by molar-refractivity contribution is 6.00. The van der Waals surface area contributed by atoms with E-state index in [1.807, 2.05) is 24.3 Å². The maximum atomic E-state index is 13.9. The molecule has 1 aliphatic rings. The lowest BCUT2D eigenvalue weighted by Gasteiger charge is -2.54. The summed E-state index contributed by atoms with van der Waals surface area (Å²) in [7, 11) is 1.66. The highest BCUT2D eigenvalue weighted by atomic mass is 16.5. The Balaban J connectivity index is 1.88. The number of rotatable bonds is 4. The molecule has 3 aromatic rings. The minimum absolute atomic E-state index is 0.0582. The average molecular weight is 405 g/mol. The zero-order chi connectivity index (χ0) is 21.6. The van der Waals surface area contributed by atoms with Crippen LogP contribution >= 0.6 is 0 Å². The third-order valence-corrected chi connectivity index (χ3v) is 6.95. The molecule has 0 aliphatic carbocycles.